The van der Waals surface area contributed by atoms with E-state index in [9.17, 15) is 0 Å². The highest BCUT2D eigenvalue weighted by molar-refractivity contribution is 5.45. The fourth-order valence-corrected chi connectivity index (χ4v) is 1.02. The van der Waals surface area contributed by atoms with Gasteiger partial charge in [0.05, 0.1) is 6.10 Å². The van der Waals surface area contributed by atoms with Gasteiger partial charge in [0.25, 0.3) is 0 Å². The summed E-state index contributed by atoms with van der Waals surface area (Å²) >= 11 is 0. The maximum Gasteiger partial charge on any atom is 0.0684 e. The van der Waals surface area contributed by atoms with E-state index in [-0.39, 0.29) is 6.10 Å². The Bertz CT molecular complexity index is 245. The van der Waals surface area contributed by atoms with E-state index < -0.39 is 0 Å². The molecule has 0 amide bonds. The van der Waals surface area contributed by atoms with Crippen LogP contribution in [0.5, 0.6) is 0 Å². The van der Waals surface area contributed by atoms with Crippen molar-refractivity contribution in [3.05, 3.63) is 29.8 Å². The van der Waals surface area contributed by atoms with Crippen molar-refractivity contribution in [3.8, 4) is 0 Å². The Hall–Kier alpha value is -1.02. The molecule has 0 saturated carbocycles. The minimum Gasteiger partial charge on any atom is -0.392 e. The Kier molecular flexibility index (Phi) is 3.11. The zero-order valence-corrected chi connectivity index (χ0v) is 7.54. The molecule has 0 saturated heterocycles. The molecule has 66 valence electrons. The lowest BCUT2D eigenvalue weighted by Gasteiger charge is -2.08. The molecule has 1 aromatic carbocycles. The van der Waals surface area contributed by atoms with Crippen molar-refractivity contribution in [1.29, 1.82) is 0 Å². The normalized spacial score (nSPS) is 12.6. The van der Waals surface area contributed by atoms with Gasteiger partial charge in [-0.15, -0.1) is 0 Å². The molecule has 1 atom stereocenters. The van der Waals surface area contributed by atoms with Gasteiger partial charge in [-0.05, 0) is 31.5 Å². The van der Waals surface area contributed by atoms with Crippen LogP contribution in [0.2, 0.25) is 0 Å². The van der Waals surface area contributed by atoms with Gasteiger partial charge in [-0.1, -0.05) is 12.1 Å². The van der Waals surface area contributed by atoms with E-state index in [4.69, 9.17) is 5.11 Å². The molecule has 0 aromatic heterocycles. The van der Waals surface area contributed by atoms with Gasteiger partial charge in [0.15, 0.2) is 0 Å². The second-order valence-corrected chi connectivity index (χ2v) is 3.10. The zero-order chi connectivity index (χ0) is 8.97. The number of anilines is 1. The van der Waals surface area contributed by atoms with Gasteiger partial charge in [0.1, 0.15) is 0 Å². The van der Waals surface area contributed by atoms with Gasteiger partial charge in [-0.2, -0.15) is 0 Å². The van der Waals surface area contributed by atoms with Crippen LogP contribution < -0.4 is 5.32 Å². The molecule has 0 fully saturated rings. The summed E-state index contributed by atoms with van der Waals surface area (Å²) in [5.74, 6) is 0. The fourth-order valence-electron chi connectivity index (χ4n) is 1.02. The Balaban J connectivity index is 2.52. The van der Waals surface area contributed by atoms with Crippen molar-refractivity contribution < 1.29 is 5.11 Å². The summed E-state index contributed by atoms with van der Waals surface area (Å²) in [5, 5.41) is 12.2. The summed E-state index contributed by atoms with van der Waals surface area (Å²) in [6.45, 7) is 4.42. The number of rotatable bonds is 3. The van der Waals surface area contributed by atoms with E-state index in [1.54, 1.807) is 6.92 Å². The van der Waals surface area contributed by atoms with E-state index >= 15 is 0 Å². The van der Waals surface area contributed by atoms with Gasteiger partial charge in [0, 0.05) is 12.2 Å². The highest BCUT2D eigenvalue weighted by Gasteiger charge is 1.95. The monoisotopic (exact) mass is 165 g/mol. The third kappa shape index (κ3) is 2.93. The summed E-state index contributed by atoms with van der Waals surface area (Å²) in [7, 11) is 0. The van der Waals surface area contributed by atoms with Crippen LogP contribution in [0.4, 0.5) is 5.69 Å². The number of aliphatic hydroxyl groups excluding tert-OH is 1. The number of aryl methyl sites for hydroxylation is 1. The molecule has 1 unspecified atom stereocenters. The first-order valence-corrected chi connectivity index (χ1v) is 4.17. The van der Waals surface area contributed by atoms with Crippen LogP contribution in [0.25, 0.3) is 0 Å². The van der Waals surface area contributed by atoms with Gasteiger partial charge >= 0.3 is 0 Å². The molecule has 0 spiro atoms. The first-order chi connectivity index (χ1) is 5.68. The molecule has 2 nitrogen and oxygen atoms in total. The summed E-state index contributed by atoms with van der Waals surface area (Å²) in [6, 6.07) is 8.10. The molecule has 1 aromatic rings. The van der Waals surface area contributed by atoms with Crippen molar-refractivity contribution in [2.24, 2.45) is 0 Å². The maximum atomic E-state index is 9.02. The molecule has 1 rings (SSSR count). The van der Waals surface area contributed by atoms with Crippen LogP contribution in [0.15, 0.2) is 24.3 Å². The van der Waals surface area contributed by atoms with Gasteiger partial charge < -0.3 is 10.4 Å². The molecule has 2 N–H and O–H groups in total. The Morgan fingerprint density at radius 1 is 1.50 bits per heavy atom. The predicted molar refractivity (Wildman–Crippen MR) is 51.3 cm³/mol. The molecule has 0 aliphatic carbocycles. The van der Waals surface area contributed by atoms with E-state index in [1.165, 1.54) is 5.56 Å². The second-order valence-electron chi connectivity index (χ2n) is 3.10. The summed E-state index contributed by atoms with van der Waals surface area (Å²) in [6.07, 6.45) is -0.300. The van der Waals surface area contributed by atoms with Crippen LogP contribution in [-0.2, 0) is 0 Å². The van der Waals surface area contributed by atoms with Crippen molar-refractivity contribution in [3.63, 3.8) is 0 Å². The summed E-state index contributed by atoms with van der Waals surface area (Å²) in [4.78, 5) is 0. The quantitative estimate of drug-likeness (QED) is 0.715. The van der Waals surface area contributed by atoms with Crippen molar-refractivity contribution in [1.82, 2.24) is 0 Å². The SMILES string of the molecule is Cc1cccc(NCC(C)O)c1. The van der Waals surface area contributed by atoms with Crippen LogP contribution in [0, 0.1) is 6.92 Å². The van der Waals surface area contributed by atoms with Crippen LogP contribution in [0.1, 0.15) is 12.5 Å². The second kappa shape index (κ2) is 4.12. The number of hydrogen-bond donors (Lipinski definition) is 2. The lowest BCUT2D eigenvalue weighted by Crippen LogP contribution is -2.15. The highest BCUT2D eigenvalue weighted by atomic mass is 16.3. The minimum absolute atomic E-state index is 0.300. The van der Waals surface area contributed by atoms with Crippen LogP contribution >= 0.6 is 0 Å². The Labute approximate surface area is 73.2 Å². The Morgan fingerprint density at radius 3 is 2.83 bits per heavy atom. The molecule has 0 aliphatic heterocycles. The molecule has 0 radical (unpaired) electrons. The van der Waals surface area contributed by atoms with Gasteiger partial charge in [-0.3, -0.25) is 0 Å². The molecule has 12 heavy (non-hydrogen) atoms. The lowest BCUT2D eigenvalue weighted by molar-refractivity contribution is 0.208. The molecular weight excluding hydrogens is 150 g/mol. The third-order valence-corrected chi connectivity index (χ3v) is 1.62. The number of hydrogen-bond acceptors (Lipinski definition) is 2. The first kappa shape index (κ1) is 9.07. The molecule has 0 bridgehead atoms. The van der Waals surface area contributed by atoms with E-state index in [0.29, 0.717) is 6.54 Å². The minimum atomic E-state index is -0.300. The number of aliphatic hydroxyl groups is 1. The van der Waals surface area contributed by atoms with E-state index in [2.05, 4.69) is 11.4 Å². The smallest absolute Gasteiger partial charge is 0.0684 e. The molecule has 0 aliphatic rings. The summed E-state index contributed by atoms with van der Waals surface area (Å²) in [5.41, 5.74) is 2.29. The van der Waals surface area contributed by atoms with Crippen molar-refractivity contribution >= 4 is 5.69 Å². The lowest BCUT2D eigenvalue weighted by atomic mass is 10.2. The third-order valence-electron chi connectivity index (χ3n) is 1.62. The molecule has 0 heterocycles. The molecule has 2 heteroatoms. The van der Waals surface area contributed by atoms with E-state index in [1.807, 2.05) is 25.1 Å². The van der Waals surface area contributed by atoms with Gasteiger partial charge in [-0.25, -0.2) is 0 Å². The van der Waals surface area contributed by atoms with Crippen LogP contribution in [-0.4, -0.2) is 17.8 Å². The predicted octanol–water partition coefficient (Wildman–Crippen LogP) is 1.79. The average Bonchev–Trinajstić information content (AvgIpc) is 2.01. The van der Waals surface area contributed by atoms with Crippen molar-refractivity contribution in [2.75, 3.05) is 11.9 Å². The largest absolute Gasteiger partial charge is 0.392 e. The summed E-state index contributed by atoms with van der Waals surface area (Å²) < 4.78 is 0. The molecular formula is C10H15NO. The average molecular weight is 165 g/mol. The highest BCUT2D eigenvalue weighted by Crippen LogP contribution is 2.08. The van der Waals surface area contributed by atoms with E-state index in [0.717, 1.165) is 5.69 Å². The topological polar surface area (TPSA) is 32.3 Å². The standard InChI is InChI=1S/C10H15NO/c1-8-4-3-5-10(6-8)11-7-9(2)12/h3-6,9,11-12H,7H2,1-2H3. The van der Waals surface area contributed by atoms with Crippen LogP contribution in [0.3, 0.4) is 0 Å². The number of nitrogens with one attached hydrogen (secondary N) is 1. The zero-order valence-electron chi connectivity index (χ0n) is 7.54. The Morgan fingerprint density at radius 2 is 2.25 bits per heavy atom. The number of benzene rings is 1. The first-order valence-electron chi connectivity index (χ1n) is 4.17. The van der Waals surface area contributed by atoms with Crippen molar-refractivity contribution in [2.45, 2.75) is 20.0 Å². The maximum absolute atomic E-state index is 9.02. The fraction of sp³-hybridized carbons (Fsp3) is 0.400. The van der Waals surface area contributed by atoms with Gasteiger partial charge in [0.2, 0.25) is 0 Å².